The molecule has 1 aromatic heterocycles. The van der Waals surface area contributed by atoms with E-state index in [-0.39, 0.29) is 17.3 Å². The van der Waals surface area contributed by atoms with E-state index in [0.29, 0.717) is 25.0 Å². The second kappa shape index (κ2) is 5.45. The second-order valence-corrected chi connectivity index (χ2v) is 7.09. The van der Waals surface area contributed by atoms with Gasteiger partial charge in [-0.1, -0.05) is 13.8 Å². The first-order chi connectivity index (χ1) is 9.28. The van der Waals surface area contributed by atoms with Gasteiger partial charge >= 0.3 is 5.97 Å². The molecule has 0 aliphatic heterocycles. The summed E-state index contributed by atoms with van der Waals surface area (Å²) in [6, 6.07) is 3.71. The van der Waals surface area contributed by atoms with E-state index < -0.39 is 5.60 Å². The monoisotopic (exact) mass is 341 g/mol. The van der Waals surface area contributed by atoms with E-state index in [2.05, 4.69) is 20.9 Å². The number of ether oxygens (including phenoxy) is 1. The van der Waals surface area contributed by atoms with Gasteiger partial charge in [-0.2, -0.15) is 0 Å². The molecule has 0 saturated heterocycles. The summed E-state index contributed by atoms with van der Waals surface area (Å²) in [5.74, 6) is -0.371. The van der Waals surface area contributed by atoms with Gasteiger partial charge in [-0.05, 0) is 52.7 Å². The van der Waals surface area contributed by atoms with Crippen LogP contribution in [0.5, 0.6) is 0 Å². The predicted molar refractivity (Wildman–Crippen MR) is 79.0 cm³/mol. The molecule has 0 radical (unpaired) electrons. The molecular formula is C15H20BrNO3. The van der Waals surface area contributed by atoms with Crippen LogP contribution in [-0.2, 0) is 15.1 Å². The third-order valence-corrected chi connectivity index (χ3v) is 4.70. The number of carbonyl (C=O) groups excluding carboxylic acids is 1. The van der Waals surface area contributed by atoms with E-state index in [1.54, 1.807) is 6.20 Å². The topological polar surface area (TPSA) is 59.4 Å². The van der Waals surface area contributed by atoms with Crippen LogP contribution in [-0.4, -0.2) is 23.2 Å². The molecule has 2 atom stereocenters. The zero-order valence-corrected chi connectivity index (χ0v) is 13.6. The van der Waals surface area contributed by atoms with Crippen LogP contribution in [0.2, 0.25) is 0 Å². The first kappa shape index (κ1) is 15.4. The highest BCUT2D eigenvalue weighted by molar-refractivity contribution is 9.10. The number of rotatable bonds is 2. The van der Waals surface area contributed by atoms with Gasteiger partial charge in [0.15, 0.2) is 0 Å². The average Bonchev–Trinajstić information content (AvgIpc) is 2.37. The molecule has 2 rings (SSSR count). The highest BCUT2D eigenvalue weighted by atomic mass is 79.9. The number of aromatic nitrogens is 1. The van der Waals surface area contributed by atoms with Crippen LogP contribution in [0.1, 0.15) is 38.8 Å². The van der Waals surface area contributed by atoms with Crippen LogP contribution in [0, 0.1) is 11.3 Å². The number of nitrogens with zero attached hydrogens (tertiary/aromatic N) is 1. The summed E-state index contributed by atoms with van der Waals surface area (Å²) in [5, 5.41) is 10.9. The van der Waals surface area contributed by atoms with Gasteiger partial charge in [-0.15, -0.1) is 0 Å². The summed E-state index contributed by atoms with van der Waals surface area (Å²) in [6.45, 7) is 4.00. The van der Waals surface area contributed by atoms with Crippen molar-refractivity contribution in [2.24, 2.45) is 11.3 Å². The zero-order valence-electron chi connectivity index (χ0n) is 12.0. The molecule has 0 bridgehead atoms. The van der Waals surface area contributed by atoms with Gasteiger partial charge in [0, 0.05) is 10.7 Å². The quantitative estimate of drug-likeness (QED) is 0.840. The first-order valence-corrected chi connectivity index (χ1v) is 7.50. The van der Waals surface area contributed by atoms with Gasteiger partial charge in [0.1, 0.15) is 5.60 Å². The Hall–Kier alpha value is -0.940. The van der Waals surface area contributed by atoms with Crippen molar-refractivity contribution in [3.8, 4) is 0 Å². The molecule has 1 unspecified atom stereocenters. The second-order valence-electron chi connectivity index (χ2n) is 6.17. The van der Waals surface area contributed by atoms with Crippen LogP contribution in [0.15, 0.2) is 22.8 Å². The summed E-state index contributed by atoms with van der Waals surface area (Å²) in [5.41, 5.74) is -0.638. The molecule has 1 aliphatic carbocycles. The van der Waals surface area contributed by atoms with Crippen LogP contribution in [0.3, 0.4) is 0 Å². The molecule has 1 N–H and O–H groups in total. The third kappa shape index (κ3) is 2.88. The molecule has 5 heteroatoms. The minimum Gasteiger partial charge on any atom is -0.469 e. The number of pyridine rings is 1. The largest absolute Gasteiger partial charge is 0.469 e. The Labute approximate surface area is 127 Å². The van der Waals surface area contributed by atoms with Gasteiger partial charge in [-0.25, -0.2) is 0 Å². The molecule has 4 nitrogen and oxygen atoms in total. The van der Waals surface area contributed by atoms with E-state index in [4.69, 9.17) is 4.74 Å². The normalized spacial score (nSPS) is 28.9. The summed E-state index contributed by atoms with van der Waals surface area (Å²) in [7, 11) is 1.41. The maximum absolute atomic E-state index is 11.8. The molecule has 1 aromatic rings. The molecule has 1 aliphatic rings. The summed E-state index contributed by atoms with van der Waals surface area (Å²) < 4.78 is 5.75. The van der Waals surface area contributed by atoms with Crippen molar-refractivity contribution < 1.29 is 14.6 Å². The summed E-state index contributed by atoms with van der Waals surface area (Å²) in [4.78, 5) is 16.2. The van der Waals surface area contributed by atoms with Crippen molar-refractivity contribution >= 4 is 21.9 Å². The standard InChI is InChI=1S/C15H20BrNO3/c1-14(2)9-15(19,7-6-11(14)13(18)20-3)12-5-4-10(16)8-17-12/h4-5,8,11,19H,6-7,9H2,1-3H3/t11?,15-/m1/s1. The Morgan fingerprint density at radius 1 is 1.50 bits per heavy atom. The first-order valence-electron chi connectivity index (χ1n) is 6.71. The maximum Gasteiger partial charge on any atom is 0.309 e. The van der Waals surface area contributed by atoms with Crippen LogP contribution < -0.4 is 0 Å². The van der Waals surface area contributed by atoms with Gasteiger partial charge in [-0.3, -0.25) is 9.78 Å². The van der Waals surface area contributed by atoms with Crippen molar-refractivity contribution in [3.05, 3.63) is 28.5 Å². The van der Waals surface area contributed by atoms with Gasteiger partial charge < -0.3 is 9.84 Å². The number of esters is 1. The number of aliphatic hydroxyl groups is 1. The van der Waals surface area contributed by atoms with Crippen LogP contribution >= 0.6 is 15.9 Å². The van der Waals surface area contributed by atoms with Gasteiger partial charge in [0.25, 0.3) is 0 Å². The molecule has 1 fully saturated rings. The van der Waals surface area contributed by atoms with Crippen molar-refractivity contribution in [2.75, 3.05) is 7.11 Å². The SMILES string of the molecule is COC(=O)C1CC[C@](O)(c2ccc(Br)cn2)CC1(C)C. The van der Waals surface area contributed by atoms with Crippen LogP contribution in [0.4, 0.5) is 0 Å². The van der Waals surface area contributed by atoms with E-state index in [9.17, 15) is 9.90 Å². The van der Waals surface area contributed by atoms with Gasteiger partial charge in [0.2, 0.25) is 0 Å². The third-order valence-electron chi connectivity index (χ3n) is 4.23. The minimum atomic E-state index is -0.977. The molecule has 1 heterocycles. The minimum absolute atomic E-state index is 0.178. The molecule has 1 saturated carbocycles. The fraction of sp³-hybridized carbons (Fsp3) is 0.600. The van der Waals surface area contributed by atoms with Crippen molar-refractivity contribution in [1.29, 1.82) is 0 Å². The lowest BCUT2D eigenvalue weighted by molar-refractivity contribution is -0.158. The predicted octanol–water partition coefficient (Wildman–Crippen LogP) is 3.03. The molecular weight excluding hydrogens is 322 g/mol. The van der Waals surface area contributed by atoms with Crippen molar-refractivity contribution in [3.63, 3.8) is 0 Å². The highest BCUT2D eigenvalue weighted by Gasteiger charge is 2.48. The Morgan fingerprint density at radius 3 is 2.70 bits per heavy atom. The summed E-state index contributed by atoms with van der Waals surface area (Å²) >= 11 is 3.34. The molecule has 0 amide bonds. The van der Waals surface area contributed by atoms with E-state index in [1.165, 1.54) is 7.11 Å². The number of halogens is 1. The number of hydrogen-bond donors (Lipinski definition) is 1. The number of carbonyl (C=O) groups is 1. The lowest BCUT2D eigenvalue weighted by atomic mass is 9.62. The Morgan fingerprint density at radius 2 is 2.20 bits per heavy atom. The van der Waals surface area contributed by atoms with E-state index >= 15 is 0 Å². The van der Waals surface area contributed by atoms with E-state index in [0.717, 1.165) is 4.47 Å². The Bertz CT molecular complexity index is 500. The van der Waals surface area contributed by atoms with E-state index in [1.807, 2.05) is 26.0 Å². The maximum atomic E-state index is 11.8. The fourth-order valence-corrected chi connectivity index (χ4v) is 3.42. The molecule has 110 valence electrons. The molecule has 0 aromatic carbocycles. The number of hydrogen-bond acceptors (Lipinski definition) is 4. The molecule has 20 heavy (non-hydrogen) atoms. The number of methoxy groups -OCH3 is 1. The van der Waals surface area contributed by atoms with Crippen molar-refractivity contribution in [2.45, 2.75) is 38.7 Å². The Balaban J connectivity index is 2.25. The van der Waals surface area contributed by atoms with Gasteiger partial charge in [0.05, 0.1) is 18.7 Å². The highest BCUT2D eigenvalue weighted by Crippen LogP contribution is 2.49. The average molecular weight is 342 g/mol. The van der Waals surface area contributed by atoms with Crippen LogP contribution in [0.25, 0.3) is 0 Å². The molecule has 0 spiro atoms. The smallest absolute Gasteiger partial charge is 0.309 e. The Kier molecular flexibility index (Phi) is 4.21. The summed E-state index contributed by atoms with van der Waals surface area (Å²) in [6.07, 6.45) is 3.31. The zero-order chi connectivity index (χ0) is 15.0. The lowest BCUT2D eigenvalue weighted by Gasteiger charge is -2.45. The van der Waals surface area contributed by atoms with Crippen molar-refractivity contribution in [1.82, 2.24) is 4.98 Å². The lowest BCUT2D eigenvalue weighted by Crippen LogP contribution is -2.45. The fourth-order valence-electron chi connectivity index (χ4n) is 3.19.